The number of amides is 1. The first-order valence-corrected chi connectivity index (χ1v) is 13.7. The van der Waals surface area contributed by atoms with Crippen molar-refractivity contribution in [3.63, 3.8) is 0 Å². The van der Waals surface area contributed by atoms with Crippen LogP contribution in [0, 0.1) is 11.6 Å². The molecule has 4 aromatic carbocycles. The van der Waals surface area contributed by atoms with Gasteiger partial charge in [-0.25, -0.2) is 19.2 Å². The third-order valence-electron chi connectivity index (χ3n) is 6.98. The van der Waals surface area contributed by atoms with E-state index in [1.54, 1.807) is 24.3 Å². The molecule has 1 amide bonds. The standard InChI is InChI=1S/C33H31F2N3O4/c34-28-13-7-14-29(35)27(28)22-36-38-32(40)33(21-23-9-3-1-4-10-23)30(24-11-5-2-6-12-24)42-31(37-33)25-15-17-26(18-16-25)41-20-8-19-39/h1-7,9-18,30,36,39H,8,19-22H2,(H,38,40)/t30-,33-/m0/s1. The summed E-state index contributed by atoms with van der Waals surface area (Å²) in [6, 6.07) is 29.6. The maximum absolute atomic E-state index is 14.2. The molecule has 0 fully saturated rings. The van der Waals surface area contributed by atoms with Gasteiger partial charge in [0.1, 0.15) is 17.4 Å². The number of halogens is 2. The van der Waals surface area contributed by atoms with E-state index in [4.69, 9.17) is 19.6 Å². The van der Waals surface area contributed by atoms with E-state index in [9.17, 15) is 13.6 Å². The molecule has 1 aliphatic heterocycles. The first-order valence-electron chi connectivity index (χ1n) is 13.7. The van der Waals surface area contributed by atoms with Crippen molar-refractivity contribution < 1.29 is 28.2 Å². The van der Waals surface area contributed by atoms with Crippen molar-refractivity contribution in [3.05, 3.63) is 137 Å². The lowest BCUT2D eigenvalue weighted by molar-refractivity contribution is -0.130. The van der Waals surface area contributed by atoms with Crippen LogP contribution in [0.4, 0.5) is 8.78 Å². The van der Waals surface area contributed by atoms with Crippen molar-refractivity contribution in [1.29, 1.82) is 0 Å². The Kier molecular flexibility index (Phi) is 9.21. The third-order valence-corrected chi connectivity index (χ3v) is 6.98. The van der Waals surface area contributed by atoms with Gasteiger partial charge in [-0.15, -0.1) is 0 Å². The number of nitrogens with one attached hydrogen (secondary N) is 2. The van der Waals surface area contributed by atoms with Crippen molar-refractivity contribution in [2.45, 2.75) is 31.0 Å². The number of aliphatic hydroxyl groups excluding tert-OH is 1. The van der Waals surface area contributed by atoms with Crippen LogP contribution < -0.4 is 15.6 Å². The molecule has 0 radical (unpaired) electrons. The molecule has 4 aromatic rings. The monoisotopic (exact) mass is 571 g/mol. The topological polar surface area (TPSA) is 92.2 Å². The molecular weight excluding hydrogens is 540 g/mol. The second-order valence-corrected chi connectivity index (χ2v) is 9.87. The van der Waals surface area contributed by atoms with Crippen LogP contribution in [-0.2, 0) is 22.5 Å². The second kappa shape index (κ2) is 13.4. The van der Waals surface area contributed by atoms with Crippen LogP contribution >= 0.6 is 0 Å². The molecule has 0 saturated carbocycles. The van der Waals surface area contributed by atoms with Gasteiger partial charge in [-0.3, -0.25) is 10.2 Å². The zero-order valence-corrected chi connectivity index (χ0v) is 22.8. The number of ether oxygens (including phenoxy) is 2. The van der Waals surface area contributed by atoms with Gasteiger partial charge in [-0.05, 0) is 47.5 Å². The van der Waals surface area contributed by atoms with Crippen molar-refractivity contribution in [2.24, 2.45) is 4.99 Å². The van der Waals surface area contributed by atoms with Gasteiger partial charge in [0.2, 0.25) is 5.90 Å². The molecule has 0 saturated heterocycles. The highest BCUT2D eigenvalue weighted by molar-refractivity contribution is 6.01. The molecule has 0 aromatic heterocycles. The molecule has 5 rings (SSSR count). The predicted molar refractivity (Wildman–Crippen MR) is 155 cm³/mol. The van der Waals surface area contributed by atoms with Crippen LogP contribution in [0.2, 0.25) is 0 Å². The Morgan fingerprint density at radius 1 is 0.905 bits per heavy atom. The Hall–Kier alpha value is -4.60. The number of aliphatic hydroxyl groups is 1. The van der Waals surface area contributed by atoms with E-state index < -0.39 is 29.2 Å². The molecular formula is C33H31F2N3O4. The molecule has 9 heteroatoms. The number of hydrogen-bond acceptors (Lipinski definition) is 6. The van der Waals surface area contributed by atoms with E-state index in [1.165, 1.54) is 6.07 Å². The molecule has 1 aliphatic rings. The summed E-state index contributed by atoms with van der Waals surface area (Å²) in [5, 5.41) is 9.00. The predicted octanol–water partition coefficient (Wildman–Crippen LogP) is 5.05. The maximum atomic E-state index is 14.2. The van der Waals surface area contributed by atoms with Gasteiger partial charge in [0.05, 0.1) is 6.61 Å². The maximum Gasteiger partial charge on any atom is 0.266 e. The molecule has 7 nitrogen and oxygen atoms in total. The number of rotatable bonds is 12. The smallest absolute Gasteiger partial charge is 0.266 e. The number of benzene rings is 4. The molecule has 216 valence electrons. The van der Waals surface area contributed by atoms with E-state index >= 15 is 0 Å². The molecule has 42 heavy (non-hydrogen) atoms. The molecule has 3 N–H and O–H groups in total. The minimum Gasteiger partial charge on any atom is -0.494 e. The number of carbonyl (C=O) groups excluding carboxylic acids is 1. The Balaban J connectivity index is 1.49. The highest BCUT2D eigenvalue weighted by Gasteiger charge is 2.53. The second-order valence-electron chi connectivity index (χ2n) is 9.87. The van der Waals surface area contributed by atoms with Crippen LogP contribution in [0.25, 0.3) is 0 Å². The fraction of sp³-hybridized carbons (Fsp3) is 0.212. The van der Waals surface area contributed by atoms with E-state index in [1.807, 2.05) is 60.7 Å². The summed E-state index contributed by atoms with van der Waals surface area (Å²) in [7, 11) is 0. The highest BCUT2D eigenvalue weighted by atomic mass is 19.1. The van der Waals surface area contributed by atoms with Crippen LogP contribution in [0.1, 0.15) is 34.8 Å². The van der Waals surface area contributed by atoms with Crippen molar-refractivity contribution >= 4 is 11.8 Å². The van der Waals surface area contributed by atoms with Gasteiger partial charge in [-0.2, -0.15) is 0 Å². The summed E-state index contributed by atoms with van der Waals surface area (Å²) in [5.74, 6) is -1.05. The van der Waals surface area contributed by atoms with Gasteiger partial charge < -0.3 is 14.6 Å². The lowest BCUT2D eigenvalue weighted by Crippen LogP contribution is -2.53. The van der Waals surface area contributed by atoms with E-state index in [2.05, 4.69) is 10.9 Å². The molecule has 0 aliphatic carbocycles. The third kappa shape index (κ3) is 6.48. The first kappa shape index (κ1) is 28.9. The number of hydrazine groups is 1. The SMILES string of the molecule is O=C(NNCc1c(F)cccc1F)[C@@]1(Cc2ccccc2)N=C(c2ccc(OCCCO)cc2)O[C@H]1c1ccccc1. The molecule has 0 spiro atoms. The van der Waals surface area contributed by atoms with Crippen molar-refractivity contribution in [1.82, 2.24) is 10.9 Å². The van der Waals surface area contributed by atoms with Gasteiger partial charge in [0.15, 0.2) is 11.6 Å². The highest BCUT2D eigenvalue weighted by Crippen LogP contribution is 2.42. The average molecular weight is 572 g/mol. The van der Waals surface area contributed by atoms with Gasteiger partial charge in [0, 0.05) is 37.1 Å². The van der Waals surface area contributed by atoms with E-state index in [0.29, 0.717) is 24.3 Å². The summed E-state index contributed by atoms with van der Waals surface area (Å²) in [4.78, 5) is 19.0. The summed E-state index contributed by atoms with van der Waals surface area (Å²) < 4.78 is 40.5. The van der Waals surface area contributed by atoms with Gasteiger partial charge in [0.25, 0.3) is 5.91 Å². The normalized spacial score (nSPS) is 17.8. The molecule has 1 heterocycles. The average Bonchev–Trinajstić information content (AvgIpc) is 3.40. The zero-order chi connectivity index (χ0) is 29.4. The molecule has 0 unspecified atom stereocenters. The molecule has 0 bridgehead atoms. The minimum atomic E-state index is -1.46. The summed E-state index contributed by atoms with van der Waals surface area (Å²) in [6.45, 7) is 0.156. The zero-order valence-electron chi connectivity index (χ0n) is 22.8. The van der Waals surface area contributed by atoms with Gasteiger partial charge in [-0.1, -0.05) is 66.7 Å². The van der Waals surface area contributed by atoms with Crippen molar-refractivity contribution in [2.75, 3.05) is 13.2 Å². The van der Waals surface area contributed by atoms with Crippen LogP contribution in [0.5, 0.6) is 5.75 Å². The lowest BCUT2D eigenvalue weighted by atomic mass is 9.82. The van der Waals surface area contributed by atoms with E-state index in [0.717, 1.165) is 23.3 Å². The lowest BCUT2D eigenvalue weighted by Gasteiger charge is -2.31. The number of nitrogens with zero attached hydrogens (tertiary/aromatic N) is 1. The largest absolute Gasteiger partial charge is 0.494 e. The Bertz CT molecular complexity index is 1500. The Morgan fingerprint density at radius 3 is 2.24 bits per heavy atom. The van der Waals surface area contributed by atoms with Crippen molar-refractivity contribution in [3.8, 4) is 5.75 Å². The van der Waals surface area contributed by atoms with Crippen LogP contribution in [-0.4, -0.2) is 35.7 Å². The summed E-state index contributed by atoms with van der Waals surface area (Å²) in [6.07, 6.45) is -0.0901. The summed E-state index contributed by atoms with van der Waals surface area (Å²) in [5.41, 5.74) is 5.93. The Morgan fingerprint density at radius 2 is 1.57 bits per heavy atom. The summed E-state index contributed by atoms with van der Waals surface area (Å²) >= 11 is 0. The quantitative estimate of drug-likeness (QED) is 0.164. The van der Waals surface area contributed by atoms with Gasteiger partial charge >= 0.3 is 0 Å². The van der Waals surface area contributed by atoms with Crippen LogP contribution in [0.15, 0.2) is 108 Å². The first-order chi connectivity index (χ1) is 20.5. The van der Waals surface area contributed by atoms with E-state index in [-0.39, 0.29) is 31.0 Å². The fourth-order valence-corrected chi connectivity index (χ4v) is 4.84. The number of hydrogen-bond donors (Lipinski definition) is 3. The van der Waals surface area contributed by atoms with Crippen LogP contribution in [0.3, 0.4) is 0 Å². The fourth-order valence-electron chi connectivity index (χ4n) is 4.84. The minimum absolute atomic E-state index is 0.0409. The molecule has 2 atom stereocenters. The number of carbonyl (C=O) groups is 1. The Labute approximate surface area is 242 Å². The number of aliphatic imine (C=N–C) groups is 1.